The largest absolute Gasteiger partial charge is 0.496 e. The second-order valence-corrected chi connectivity index (χ2v) is 6.23. The number of para-hydroxylation sites is 1. The highest BCUT2D eigenvalue weighted by atomic mass is 32.1. The Morgan fingerprint density at radius 1 is 1.20 bits per heavy atom. The van der Waals surface area contributed by atoms with Gasteiger partial charge in [-0.3, -0.25) is 0 Å². The molecule has 0 spiro atoms. The zero-order chi connectivity index (χ0) is 14.9. The van der Waals surface area contributed by atoms with Crippen LogP contribution < -0.4 is 4.74 Å². The summed E-state index contributed by atoms with van der Waals surface area (Å²) in [6.07, 6.45) is 0. The van der Waals surface area contributed by atoms with E-state index in [0.29, 0.717) is 4.64 Å². The van der Waals surface area contributed by atoms with E-state index in [1.807, 2.05) is 31.2 Å². The van der Waals surface area contributed by atoms with Crippen LogP contribution in [0.15, 0.2) is 24.3 Å². The van der Waals surface area contributed by atoms with E-state index < -0.39 is 0 Å². The van der Waals surface area contributed by atoms with Crippen LogP contribution in [0, 0.1) is 11.6 Å². The minimum atomic E-state index is -0.0853. The molecule has 20 heavy (non-hydrogen) atoms. The molecule has 0 saturated carbocycles. The van der Waals surface area contributed by atoms with E-state index in [9.17, 15) is 0 Å². The molecule has 0 amide bonds. The SMILES string of the molecule is COc1ccccc1-c1[nH]c(C(C)(C)C)nc(=S)c1C. The molecule has 2 aromatic rings. The molecule has 1 aromatic heterocycles. The van der Waals surface area contributed by atoms with E-state index in [2.05, 4.69) is 30.7 Å². The van der Waals surface area contributed by atoms with Gasteiger partial charge in [-0.25, -0.2) is 4.98 Å². The number of ether oxygens (including phenoxy) is 1. The lowest BCUT2D eigenvalue weighted by Gasteiger charge is -2.20. The maximum atomic E-state index is 5.45. The smallest absolute Gasteiger partial charge is 0.133 e. The summed E-state index contributed by atoms with van der Waals surface area (Å²) >= 11 is 5.40. The fraction of sp³-hybridized carbons (Fsp3) is 0.375. The van der Waals surface area contributed by atoms with Gasteiger partial charge >= 0.3 is 0 Å². The highest BCUT2D eigenvalue weighted by Crippen LogP contribution is 2.32. The van der Waals surface area contributed by atoms with Gasteiger partial charge in [0.15, 0.2) is 0 Å². The van der Waals surface area contributed by atoms with Crippen LogP contribution in [-0.2, 0) is 5.41 Å². The highest BCUT2D eigenvalue weighted by molar-refractivity contribution is 7.71. The van der Waals surface area contributed by atoms with Crippen LogP contribution in [0.2, 0.25) is 0 Å². The average molecular weight is 288 g/mol. The van der Waals surface area contributed by atoms with Gasteiger partial charge in [0, 0.05) is 16.5 Å². The standard InChI is InChI=1S/C16H20N2OS/c1-10-13(11-8-6-7-9-12(11)19-5)17-15(16(2,3)4)18-14(10)20/h6-9H,1-5H3,(H,17,18,20). The predicted octanol–water partition coefficient (Wildman–Crippen LogP) is 4.42. The van der Waals surface area contributed by atoms with Crippen molar-refractivity contribution in [1.29, 1.82) is 0 Å². The van der Waals surface area contributed by atoms with Crippen molar-refractivity contribution in [3.05, 3.63) is 40.3 Å². The van der Waals surface area contributed by atoms with Crippen molar-refractivity contribution in [3.8, 4) is 17.0 Å². The first-order chi connectivity index (χ1) is 9.34. The van der Waals surface area contributed by atoms with E-state index in [4.69, 9.17) is 17.0 Å². The molecule has 0 unspecified atom stereocenters. The quantitative estimate of drug-likeness (QED) is 0.831. The van der Waals surface area contributed by atoms with E-state index in [1.54, 1.807) is 7.11 Å². The molecule has 0 aliphatic carbocycles. The molecule has 4 heteroatoms. The molecule has 1 heterocycles. The summed E-state index contributed by atoms with van der Waals surface area (Å²) in [6, 6.07) is 7.92. The molecule has 0 aliphatic rings. The van der Waals surface area contributed by atoms with Crippen molar-refractivity contribution in [1.82, 2.24) is 9.97 Å². The van der Waals surface area contributed by atoms with Crippen LogP contribution in [0.4, 0.5) is 0 Å². The number of hydrogen-bond donors (Lipinski definition) is 1. The Morgan fingerprint density at radius 2 is 1.85 bits per heavy atom. The molecule has 1 N–H and O–H groups in total. The number of aromatic amines is 1. The first-order valence-electron chi connectivity index (χ1n) is 6.59. The third kappa shape index (κ3) is 2.75. The molecule has 1 aromatic carbocycles. The lowest BCUT2D eigenvalue weighted by atomic mass is 9.95. The van der Waals surface area contributed by atoms with Gasteiger partial charge in [0.1, 0.15) is 16.2 Å². The first-order valence-corrected chi connectivity index (χ1v) is 7.00. The normalized spacial score (nSPS) is 11.4. The third-order valence-corrected chi connectivity index (χ3v) is 3.64. The van der Waals surface area contributed by atoms with Crippen molar-refractivity contribution in [3.63, 3.8) is 0 Å². The lowest BCUT2D eigenvalue weighted by Crippen LogP contribution is -2.17. The Hall–Kier alpha value is -1.68. The van der Waals surface area contributed by atoms with Gasteiger partial charge < -0.3 is 9.72 Å². The predicted molar refractivity (Wildman–Crippen MR) is 84.8 cm³/mol. The number of rotatable bonds is 2. The number of methoxy groups -OCH3 is 1. The minimum Gasteiger partial charge on any atom is -0.496 e. The van der Waals surface area contributed by atoms with Gasteiger partial charge in [-0.2, -0.15) is 0 Å². The summed E-state index contributed by atoms with van der Waals surface area (Å²) in [7, 11) is 1.68. The molecule has 0 saturated heterocycles. The lowest BCUT2D eigenvalue weighted by molar-refractivity contribution is 0.416. The number of hydrogen-bond acceptors (Lipinski definition) is 3. The van der Waals surface area contributed by atoms with Crippen molar-refractivity contribution < 1.29 is 4.74 Å². The number of nitrogens with zero attached hydrogens (tertiary/aromatic N) is 1. The zero-order valence-electron chi connectivity index (χ0n) is 12.6. The van der Waals surface area contributed by atoms with Crippen molar-refractivity contribution >= 4 is 12.2 Å². The number of H-pyrrole nitrogens is 1. The maximum Gasteiger partial charge on any atom is 0.133 e. The first kappa shape index (κ1) is 14.7. The van der Waals surface area contributed by atoms with Crippen LogP contribution in [0.25, 0.3) is 11.3 Å². The van der Waals surface area contributed by atoms with Crippen LogP contribution >= 0.6 is 12.2 Å². The molecule has 2 rings (SSSR count). The summed E-state index contributed by atoms with van der Waals surface area (Å²) in [6.45, 7) is 8.33. The van der Waals surface area contributed by atoms with E-state index in [1.165, 1.54) is 0 Å². The summed E-state index contributed by atoms with van der Waals surface area (Å²) < 4.78 is 6.08. The van der Waals surface area contributed by atoms with Crippen LogP contribution in [0.1, 0.15) is 32.2 Å². The Morgan fingerprint density at radius 3 is 2.45 bits per heavy atom. The molecular formula is C16H20N2OS. The van der Waals surface area contributed by atoms with Crippen molar-refractivity contribution in [2.45, 2.75) is 33.1 Å². The summed E-state index contributed by atoms with van der Waals surface area (Å²) in [5, 5.41) is 0. The second-order valence-electron chi connectivity index (χ2n) is 5.84. The van der Waals surface area contributed by atoms with Crippen LogP contribution in [-0.4, -0.2) is 17.1 Å². The average Bonchev–Trinajstić information content (AvgIpc) is 2.40. The van der Waals surface area contributed by atoms with Gasteiger partial charge in [-0.05, 0) is 19.1 Å². The Kier molecular flexibility index (Phi) is 3.95. The summed E-state index contributed by atoms with van der Waals surface area (Å²) in [4.78, 5) is 7.93. The van der Waals surface area contributed by atoms with Gasteiger partial charge in [-0.15, -0.1) is 0 Å². The zero-order valence-corrected chi connectivity index (χ0v) is 13.4. The Balaban J connectivity index is 2.74. The molecule has 0 atom stereocenters. The number of nitrogens with one attached hydrogen (secondary N) is 1. The van der Waals surface area contributed by atoms with Crippen LogP contribution in [0.5, 0.6) is 5.75 Å². The van der Waals surface area contributed by atoms with E-state index in [0.717, 1.165) is 28.4 Å². The molecule has 106 valence electrons. The monoisotopic (exact) mass is 288 g/mol. The number of aromatic nitrogens is 2. The van der Waals surface area contributed by atoms with E-state index >= 15 is 0 Å². The fourth-order valence-electron chi connectivity index (χ4n) is 2.01. The van der Waals surface area contributed by atoms with Crippen molar-refractivity contribution in [2.75, 3.05) is 7.11 Å². The van der Waals surface area contributed by atoms with Gasteiger partial charge in [0.25, 0.3) is 0 Å². The minimum absolute atomic E-state index is 0.0853. The van der Waals surface area contributed by atoms with Gasteiger partial charge in [0.2, 0.25) is 0 Å². The molecule has 0 aliphatic heterocycles. The molecule has 0 fully saturated rings. The molecule has 0 bridgehead atoms. The molecule has 3 nitrogen and oxygen atoms in total. The highest BCUT2D eigenvalue weighted by Gasteiger charge is 2.19. The fourth-order valence-corrected chi connectivity index (χ4v) is 2.20. The summed E-state index contributed by atoms with van der Waals surface area (Å²) in [5.74, 6) is 1.71. The van der Waals surface area contributed by atoms with E-state index in [-0.39, 0.29) is 5.41 Å². The van der Waals surface area contributed by atoms with Crippen LogP contribution in [0.3, 0.4) is 0 Å². The van der Waals surface area contributed by atoms with Crippen molar-refractivity contribution in [2.24, 2.45) is 0 Å². The second kappa shape index (κ2) is 5.37. The van der Waals surface area contributed by atoms with Gasteiger partial charge in [0.05, 0.1) is 12.8 Å². The third-order valence-electron chi connectivity index (χ3n) is 3.24. The Bertz CT molecular complexity index is 684. The summed E-state index contributed by atoms with van der Waals surface area (Å²) in [5.41, 5.74) is 2.87. The Labute approximate surface area is 125 Å². The van der Waals surface area contributed by atoms with Gasteiger partial charge in [-0.1, -0.05) is 45.1 Å². The molecule has 0 radical (unpaired) electrons. The molecular weight excluding hydrogens is 268 g/mol. The topological polar surface area (TPSA) is 37.9 Å². The number of benzene rings is 1. The maximum absolute atomic E-state index is 5.45.